The van der Waals surface area contributed by atoms with Crippen molar-refractivity contribution in [3.05, 3.63) is 114 Å². The van der Waals surface area contributed by atoms with Gasteiger partial charge in [-0.1, -0.05) is 78.9 Å². The maximum absolute atomic E-state index is 12.7. The molecule has 4 aromatic carbocycles. The molecule has 0 aliphatic heterocycles. The van der Waals surface area contributed by atoms with Gasteiger partial charge in [0.1, 0.15) is 0 Å². The van der Waals surface area contributed by atoms with Crippen molar-refractivity contribution in [2.45, 2.75) is 6.92 Å². The number of amides is 1. The maximum Gasteiger partial charge on any atom is 0.255 e. The van der Waals surface area contributed by atoms with Crippen LogP contribution in [0.5, 0.6) is 0 Å². The van der Waals surface area contributed by atoms with E-state index in [1.54, 1.807) is 0 Å². The third kappa shape index (κ3) is 3.86. The highest BCUT2D eigenvalue weighted by Crippen LogP contribution is 2.29. The monoisotopic (exact) mass is 415 g/mol. The van der Waals surface area contributed by atoms with E-state index in [9.17, 15) is 4.79 Å². The molecule has 0 radical (unpaired) electrons. The van der Waals surface area contributed by atoms with Gasteiger partial charge in [-0.05, 0) is 36.8 Å². The zero-order valence-electron chi connectivity index (χ0n) is 17.6. The molecule has 1 heterocycles. The number of nitrogens with one attached hydrogen (secondary N) is 1. The first-order valence-corrected chi connectivity index (χ1v) is 10.5. The van der Waals surface area contributed by atoms with Crippen LogP contribution in [-0.4, -0.2) is 15.9 Å². The molecule has 0 aliphatic carbocycles. The molecule has 0 atom stereocenters. The minimum Gasteiger partial charge on any atom is -0.322 e. The third-order valence-corrected chi connectivity index (χ3v) is 5.45. The first-order valence-electron chi connectivity index (χ1n) is 10.5. The van der Waals surface area contributed by atoms with Gasteiger partial charge in [-0.2, -0.15) is 0 Å². The fourth-order valence-electron chi connectivity index (χ4n) is 3.70. The van der Waals surface area contributed by atoms with Crippen LogP contribution in [0.3, 0.4) is 0 Å². The Morgan fingerprint density at radius 3 is 2.16 bits per heavy atom. The predicted octanol–water partition coefficient (Wildman–Crippen LogP) is 6.52. The summed E-state index contributed by atoms with van der Waals surface area (Å²) in [6, 6.07) is 33.3. The SMILES string of the molecule is Cc1ccccc1NC(=O)c1ccc(-c2nc(-c3ccccc3)c3ccccc3n2)cc1. The van der Waals surface area contributed by atoms with E-state index in [4.69, 9.17) is 9.97 Å². The summed E-state index contributed by atoms with van der Waals surface area (Å²) in [5.74, 6) is 0.490. The Kier molecular flexibility index (Phi) is 5.18. The normalized spacial score (nSPS) is 10.8. The van der Waals surface area contributed by atoms with Crippen molar-refractivity contribution < 1.29 is 4.79 Å². The molecule has 0 saturated carbocycles. The van der Waals surface area contributed by atoms with Crippen molar-refractivity contribution in [3.63, 3.8) is 0 Å². The van der Waals surface area contributed by atoms with Crippen LogP contribution >= 0.6 is 0 Å². The number of hydrogen-bond acceptors (Lipinski definition) is 3. The number of benzene rings is 4. The predicted molar refractivity (Wildman–Crippen MR) is 130 cm³/mol. The van der Waals surface area contributed by atoms with Gasteiger partial charge in [-0.15, -0.1) is 0 Å². The number of aromatic nitrogens is 2. The molecule has 5 aromatic rings. The summed E-state index contributed by atoms with van der Waals surface area (Å²) in [5, 5.41) is 3.98. The lowest BCUT2D eigenvalue weighted by Gasteiger charge is -2.10. The van der Waals surface area contributed by atoms with Crippen LogP contribution in [0.15, 0.2) is 103 Å². The Hall–Kier alpha value is -4.31. The van der Waals surface area contributed by atoms with Crippen LogP contribution in [0, 0.1) is 6.92 Å². The van der Waals surface area contributed by atoms with Gasteiger partial charge in [0, 0.05) is 27.8 Å². The molecule has 4 nitrogen and oxygen atoms in total. The molecular formula is C28H21N3O. The van der Waals surface area contributed by atoms with Crippen LogP contribution in [0.1, 0.15) is 15.9 Å². The van der Waals surface area contributed by atoms with Gasteiger partial charge in [-0.3, -0.25) is 4.79 Å². The molecule has 1 aromatic heterocycles. The van der Waals surface area contributed by atoms with Crippen molar-refractivity contribution in [3.8, 4) is 22.6 Å². The molecule has 1 N–H and O–H groups in total. The highest BCUT2D eigenvalue weighted by molar-refractivity contribution is 6.05. The van der Waals surface area contributed by atoms with Crippen molar-refractivity contribution in [1.82, 2.24) is 9.97 Å². The van der Waals surface area contributed by atoms with Crippen LogP contribution in [0.4, 0.5) is 5.69 Å². The summed E-state index contributed by atoms with van der Waals surface area (Å²) in [4.78, 5) is 22.3. The maximum atomic E-state index is 12.7. The smallest absolute Gasteiger partial charge is 0.255 e. The molecule has 0 spiro atoms. The number of anilines is 1. The van der Waals surface area contributed by atoms with Crippen molar-refractivity contribution in [1.29, 1.82) is 0 Å². The summed E-state index contributed by atoms with van der Waals surface area (Å²) in [6.07, 6.45) is 0. The lowest BCUT2D eigenvalue weighted by atomic mass is 10.1. The van der Waals surface area contributed by atoms with E-state index in [1.165, 1.54) is 0 Å². The van der Waals surface area contributed by atoms with Crippen molar-refractivity contribution >= 4 is 22.5 Å². The fourth-order valence-corrected chi connectivity index (χ4v) is 3.70. The quantitative estimate of drug-likeness (QED) is 0.363. The van der Waals surface area contributed by atoms with Gasteiger partial charge in [0.15, 0.2) is 5.82 Å². The van der Waals surface area contributed by atoms with Crippen LogP contribution in [0.2, 0.25) is 0 Å². The van der Waals surface area contributed by atoms with E-state index in [2.05, 4.69) is 17.4 Å². The fraction of sp³-hybridized carbons (Fsp3) is 0.0357. The molecular weight excluding hydrogens is 394 g/mol. The third-order valence-electron chi connectivity index (χ3n) is 5.45. The molecule has 0 saturated heterocycles. The van der Waals surface area contributed by atoms with E-state index < -0.39 is 0 Å². The molecule has 0 bridgehead atoms. The van der Waals surface area contributed by atoms with Crippen LogP contribution in [0.25, 0.3) is 33.5 Å². The Morgan fingerprint density at radius 2 is 1.38 bits per heavy atom. The summed E-state index contributed by atoms with van der Waals surface area (Å²) >= 11 is 0. The van der Waals surface area contributed by atoms with E-state index in [0.717, 1.165) is 39.0 Å². The number of nitrogens with zero attached hydrogens (tertiary/aromatic N) is 2. The number of para-hydroxylation sites is 2. The van der Waals surface area contributed by atoms with Gasteiger partial charge in [0.05, 0.1) is 11.2 Å². The zero-order chi connectivity index (χ0) is 21.9. The number of fused-ring (bicyclic) bond motifs is 1. The largest absolute Gasteiger partial charge is 0.322 e. The van der Waals surface area contributed by atoms with Crippen molar-refractivity contribution in [2.24, 2.45) is 0 Å². The average Bonchev–Trinajstić information content (AvgIpc) is 2.85. The Morgan fingerprint density at radius 1 is 0.688 bits per heavy atom. The highest BCUT2D eigenvalue weighted by atomic mass is 16.1. The highest BCUT2D eigenvalue weighted by Gasteiger charge is 2.12. The minimum atomic E-state index is -0.143. The van der Waals surface area contributed by atoms with E-state index in [1.807, 2.05) is 97.9 Å². The molecule has 1 amide bonds. The number of carbonyl (C=O) groups is 1. The molecule has 0 fully saturated rings. The molecule has 0 unspecified atom stereocenters. The minimum absolute atomic E-state index is 0.143. The summed E-state index contributed by atoms with van der Waals surface area (Å²) < 4.78 is 0. The Balaban J connectivity index is 1.50. The van der Waals surface area contributed by atoms with E-state index >= 15 is 0 Å². The van der Waals surface area contributed by atoms with Gasteiger partial charge in [0.2, 0.25) is 0 Å². The number of carbonyl (C=O) groups excluding carboxylic acids is 1. The Labute approximate surface area is 186 Å². The zero-order valence-corrected chi connectivity index (χ0v) is 17.6. The molecule has 4 heteroatoms. The number of aryl methyl sites for hydroxylation is 1. The van der Waals surface area contributed by atoms with Crippen LogP contribution in [-0.2, 0) is 0 Å². The lowest BCUT2D eigenvalue weighted by molar-refractivity contribution is 0.102. The van der Waals surface area contributed by atoms with Gasteiger partial charge >= 0.3 is 0 Å². The molecule has 0 aliphatic rings. The summed E-state index contributed by atoms with van der Waals surface area (Å²) in [6.45, 7) is 1.97. The summed E-state index contributed by atoms with van der Waals surface area (Å²) in [5.41, 5.74) is 6.11. The first-order chi connectivity index (χ1) is 15.7. The second kappa shape index (κ2) is 8.44. The molecule has 154 valence electrons. The molecule has 5 rings (SSSR count). The van der Waals surface area contributed by atoms with Crippen molar-refractivity contribution in [2.75, 3.05) is 5.32 Å². The second-order valence-electron chi connectivity index (χ2n) is 7.63. The Bertz CT molecular complexity index is 1410. The summed E-state index contributed by atoms with van der Waals surface area (Å²) in [7, 11) is 0. The van der Waals surface area contributed by atoms with Gasteiger partial charge < -0.3 is 5.32 Å². The lowest BCUT2D eigenvalue weighted by Crippen LogP contribution is -2.12. The number of hydrogen-bond donors (Lipinski definition) is 1. The van der Waals surface area contributed by atoms with Gasteiger partial charge in [-0.25, -0.2) is 9.97 Å². The van der Waals surface area contributed by atoms with E-state index in [-0.39, 0.29) is 5.91 Å². The topological polar surface area (TPSA) is 54.9 Å². The molecule has 32 heavy (non-hydrogen) atoms. The first kappa shape index (κ1) is 19.6. The van der Waals surface area contributed by atoms with Crippen LogP contribution < -0.4 is 5.32 Å². The second-order valence-corrected chi connectivity index (χ2v) is 7.63. The van der Waals surface area contributed by atoms with E-state index in [0.29, 0.717) is 11.4 Å². The average molecular weight is 415 g/mol. The standard InChI is InChI=1S/C28H21N3O/c1-19-9-5-7-13-24(19)30-28(32)22-17-15-21(16-18-22)27-29-25-14-8-6-12-23(25)26(31-27)20-10-3-2-4-11-20/h2-18H,1H3,(H,30,32). The van der Waals surface area contributed by atoms with Gasteiger partial charge in [0.25, 0.3) is 5.91 Å². The number of rotatable bonds is 4.